The number of nitrogens with one attached hydrogen (secondary N) is 1. The molecule has 0 saturated heterocycles. The van der Waals surface area contributed by atoms with Crippen molar-refractivity contribution in [3.63, 3.8) is 0 Å². The predicted octanol–water partition coefficient (Wildman–Crippen LogP) is 2.29. The summed E-state index contributed by atoms with van der Waals surface area (Å²) in [4.78, 5) is 15.5. The molecule has 1 heterocycles. The van der Waals surface area contributed by atoms with Gasteiger partial charge in [0.15, 0.2) is 0 Å². The highest BCUT2D eigenvalue weighted by Gasteiger charge is 2.12. The van der Waals surface area contributed by atoms with Crippen molar-refractivity contribution in [3.05, 3.63) is 64.3 Å². The molecule has 0 spiro atoms. The molecule has 1 aromatic carbocycles. The fourth-order valence-electron chi connectivity index (χ4n) is 2.13. The van der Waals surface area contributed by atoms with E-state index in [0.29, 0.717) is 6.54 Å². The van der Waals surface area contributed by atoms with E-state index in [0.717, 1.165) is 13.0 Å². The summed E-state index contributed by atoms with van der Waals surface area (Å²) in [5.74, 6) is 0. The van der Waals surface area contributed by atoms with Gasteiger partial charge in [-0.15, -0.1) is 0 Å². The Morgan fingerprint density at radius 3 is 2.70 bits per heavy atom. The van der Waals surface area contributed by atoms with Crippen LogP contribution in [0, 0.1) is 6.92 Å². The lowest BCUT2D eigenvalue weighted by Crippen LogP contribution is -2.31. The maximum Gasteiger partial charge on any atom is 0.347 e. The molecule has 4 nitrogen and oxygen atoms in total. The smallest absolute Gasteiger partial charge is 0.308 e. The van der Waals surface area contributed by atoms with Gasteiger partial charge in [-0.2, -0.15) is 0 Å². The second-order valence-electron chi connectivity index (χ2n) is 4.97. The minimum Gasteiger partial charge on any atom is -0.308 e. The maximum absolute atomic E-state index is 11.7. The number of aromatic nitrogens is 2. The van der Waals surface area contributed by atoms with Gasteiger partial charge in [0.2, 0.25) is 0 Å². The molecule has 0 saturated carbocycles. The summed E-state index contributed by atoms with van der Waals surface area (Å²) in [5.41, 5.74) is 2.23. The molecule has 0 aliphatic rings. The molecule has 1 atom stereocenters. The van der Waals surface area contributed by atoms with Crippen molar-refractivity contribution in [2.75, 3.05) is 6.54 Å². The average Bonchev–Trinajstić information content (AvgIpc) is 2.46. The largest absolute Gasteiger partial charge is 0.347 e. The minimum absolute atomic E-state index is 0.123. The van der Waals surface area contributed by atoms with E-state index in [1.165, 1.54) is 17.3 Å². The highest BCUT2D eigenvalue weighted by Crippen LogP contribution is 2.15. The Morgan fingerprint density at radius 2 is 2.05 bits per heavy atom. The third-order valence-electron chi connectivity index (χ3n) is 3.28. The van der Waals surface area contributed by atoms with Gasteiger partial charge in [-0.25, -0.2) is 9.78 Å². The van der Waals surface area contributed by atoms with Gasteiger partial charge in [-0.1, -0.05) is 36.8 Å². The van der Waals surface area contributed by atoms with Gasteiger partial charge in [0, 0.05) is 18.9 Å². The Balaban J connectivity index is 2.21. The summed E-state index contributed by atoms with van der Waals surface area (Å²) in [6, 6.07) is 10.3. The van der Waals surface area contributed by atoms with Crippen molar-refractivity contribution in [3.8, 4) is 0 Å². The Kier molecular flexibility index (Phi) is 5.07. The molecular weight excluding hydrogens is 250 g/mol. The normalized spacial score (nSPS) is 12.3. The SMILES string of the molecule is CCCNC(Cn1cccnc1=O)c1ccc(C)cc1. The van der Waals surface area contributed by atoms with E-state index in [2.05, 4.69) is 48.4 Å². The van der Waals surface area contributed by atoms with Crippen LogP contribution >= 0.6 is 0 Å². The Hall–Kier alpha value is -1.94. The van der Waals surface area contributed by atoms with E-state index in [4.69, 9.17) is 0 Å². The number of rotatable bonds is 6. The summed E-state index contributed by atoms with van der Waals surface area (Å²) in [6.07, 6.45) is 4.37. The monoisotopic (exact) mass is 271 g/mol. The van der Waals surface area contributed by atoms with E-state index < -0.39 is 0 Å². The molecule has 0 fully saturated rings. The van der Waals surface area contributed by atoms with Gasteiger partial charge in [-0.3, -0.25) is 4.57 Å². The molecule has 0 bridgehead atoms. The lowest BCUT2D eigenvalue weighted by atomic mass is 10.0. The molecule has 20 heavy (non-hydrogen) atoms. The van der Waals surface area contributed by atoms with Crippen LogP contribution < -0.4 is 11.0 Å². The molecule has 1 unspecified atom stereocenters. The molecule has 4 heteroatoms. The summed E-state index contributed by atoms with van der Waals surface area (Å²) >= 11 is 0. The van der Waals surface area contributed by atoms with E-state index in [-0.39, 0.29) is 11.7 Å². The van der Waals surface area contributed by atoms with E-state index in [1.54, 1.807) is 16.8 Å². The van der Waals surface area contributed by atoms with Gasteiger partial charge < -0.3 is 5.32 Å². The Bertz CT molecular complexity index is 589. The molecule has 0 aliphatic heterocycles. The van der Waals surface area contributed by atoms with Gasteiger partial charge in [0.05, 0.1) is 6.04 Å². The van der Waals surface area contributed by atoms with Crippen LogP contribution in [0.2, 0.25) is 0 Å². The zero-order valence-electron chi connectivity index (χ0n) is 12.0. The van der Waals surface area contributed by atoms with E-state index in [9.17, 15) is 4.79 Å². The highest BCUT2D eigenvalue weighted by molar-refractivity contribution is 5.24. The van der Waals surface area contributed by atoms with Gasteiger partial charge >= 0.3 is 5.69 Å². The first-order valence-electron chi connectivity index (χ1n) is 7.02. The number of aryl methyl sites for hydroxylation is 1. The fourth-order valence-corrected chi connectivity index (χ4v) is 2.13. The maximum atomic E-state index is 11.7. The van der Waals surface area contributed by atoms with Crippen molar-refractivity contribution in [2.45, 2.75) is 32.9 Å². The quantitative estimate of drug-likeness (QED) is 0.877. The van der Waals surface area contributed by atoms with Crippen LogP contribution in [-0.2, 0) is 6.54 Å². The molecule has 1 N–H and O–H groups in total. The lowest BCUT2D eigenvalue weighted by Gasteiger charge is -2.20. The van der Waals surface area contributed by atoms with Gasteiger partial charge in [-0.05, 0) is 31.5 Å². The minimum atomic E-state index is -0.206. The van der Waals surface area contributed by atoms with Crippen LogP contribution in [-0.4, -0.2) is 16.1 Å². The predicted molar refractivity (Wildman–Crippen MR) is 80.7 cm³/mol. The van der Waals surface area contributed by atoms with Crippen LogP contribution in [0.4, 0.5) is 0 Å². The first-order chi connectivity index (χ1) is 9.70. The third-order valence-corrected chi connectivity index (χ3v) is 3.28. The zero-order chi connectivity index (χ0) is 14.4. The average molecular weight is 271 g/mol. The van der Waals surface area contributed by atoms with Crippen LogP contribution in [0.5, 0.6) is 0 Å². The third kappa shape index (κ3) is 3.78. The summed E-state index contributed by atoms with van der Waals surface area (Å²) in [5, 5.41) is 3.49. The second-order valence-corrected chi connectivity index (χ2v) is 4.97. The summed E-state index contributed by atoms with van der Waals surface area (Å²) in [6.45, 7) is 5.72. The van der Waals surface area contributed by atoms with Crippen molar-refractivity contribution in [2.24, 2.45) is 0 Å². The molecule has 0 radical (unpaired) electrons. The van der Waals surface area contributed by atoms with Crippen molar-refractivity contribution >= 4 is 0 Å². The van der Waals surface area contributed by atoms with Crippen LogP contribution in [0.15, 0.2) is 47.5 Å². The topological polar surface area (TPSA) is 46.9 Å². The molecule has 0 aliphatic carbocycles. The second kappa shape index (κ2) is 7.01. The molecular formula is C16H21N3O. The lowest BCUT2D eigenvalue weighted by molar-refractivity contribution is 0.452. The molecule has 2 aromatic rings. The Labute approximate surface area is 119 Å². The number of hydrogen-bond acceptors (Lipinski definition) is 3. The van der Waals surface area contributed by atoms with Crippen LogP contribution in [0.3, 0.4) is 0 Å². The first-order valence-corrected chi connectivity index (χ1v) is 7.02. The highest BCUT2D eigenvalue weighted by atomic mass is 16.1. The molecule has 0 amide bonds. The van der Waals surface area contributed by atoms with Crippen molar-refractivity contribution in [1.29, 1.82) is 0 Å². The number of benzene rings is 1. The standard InChI is InChI=1S/C16H21N3O/c1-3-9-17-15(14-7-5-13(2)6-8-14)12-19-11-4-10-18-16(19)20/h4-8,10-11,15,17H,3,9,12H2,1-2H3. The number of hydrogen-bond donors (Lipinski definition) is 1. The van der Waals surface area contributed by atoms with Gasteiger partial charge in [0.1, 0.15) is 0 Å². The molecule has 1 aromatic heterocycles. The molecule has 106 valence electrons. The van der Waals surface area contributed by atoms with Gasteiger partial charge in [0.25, 0.3) is 0 Å². The van der Waals surface area contributed by atoms with Crippen LogP contribution in [0.25, 0.3) is 0 Å². The summed E-state index contributed by atoms with van der Waals surface area (Å²) in [7, 11) is 0. The van der Waals surface area contributed by atoms with Crippen LogP contribution in [0.1, 0.15) is 30.5 Å². The first kappa shape index (κ1) is 14.5. The molecule has 2 rings (SSSR count). The van der Waals surface area contributed by atoms with E-state index in [1.807, 2.05) is 0 Å². The fraction of sp³-hybridized carbons (Fsp3) is 0.375. The summed E-state index contributed by atoms with van der Waals surface area (Å²) < 4.78 is 1.65. The van der Waals surface area contributed by atoms with E-state index >= 15 is 0 Å². The number of nitrogens with zero attached hydrogens (tertiary/aromatic N) is 2. The van der Waals surface area contributed by atoms with Crippen molar-refractivity contribution in [1.82, 2.24) is 14.9 Å². The zero-order valence-corrected chi connectivity index (χ0v) is 12.0. The van der Waals surface area contributed by atoms with Crippen molar-refractivity contribution < 1.29 is 0 Å². The Morgan fingerprint density at radius 1 is 1.30 bits per heavy atom.